The second-order valence-electron chi connectivity index (χ2n) is 7.65. The van der Waals surface area contributed by atoms with Gasteiger partial charge in [-0.05, 0) is 35.9 Å². The number of aromatic nitrogens is 2. The smallest absolute Gasteiger partial charge is 0.380 e. The highest BCUT2D eigenvalue weighted by atomic mass is 35.5. The van der Waals surface area contributed by atoms with E-state index in [4.69, 9.17) is 11.6 Å². The van der Waals surface area contributed by atoms with Gasteiger partial charge in [-0.2, -0.15) is 17.5 Å². The number of nitrogens with one attached hydrogen (secondary N) is 1. The summed E-state index contributed by atoms with van der Waals surface area (Å²) in [6.45, 7) is 0.261. The Kier molecular flexibility index (Phi) is 5.95. The van der Waals surface area contributed by atoms with Crippen molar-refractivity contribution < 1.29 is 21.6 Å². The monoisotopic (exact) mass is 484 g/mol. The van der Waals surface area contributed by atoms with Crippen LogP contribution in [0.25, 0.3) is 0 Å². The van der Waals surface area contributed by atoms with E-state index < -0.39 is 27.8 Å². The molecule has 0 aliphatic carbocycles. The molecule has 6 nitrogen and oxygen atoms in total. The van der Waals surface area contributed by atoms with Gasteiger partial charge in [0.15, 0.2) is 5.03 Å². The molecular formula is C21H20ClF3N4O2S. The summed E-state index contributed by atoms with van der Waals surface area (Å²) >= 11 is 6.39. The first kappa shape index (κ1) is 22.6. The van der Waals surface area contributed by atoms with Gasteiger partial charge >= 0.3 is 6.18 Å². The van der Waals surface area contributed by atoms with Gasteiger partial charge in [-0.3, -0.25) is 0 Å². The van der Waals surface area contributed by atoms with Gasteiger partial charge in [-0.25, -0.2) is 13.4 Å². The lowest BCUT2D eigenvalue weighted by Gasteiger charge is -2.22. The number of nitrogens with zero attached hydrogens (tertiary/aromatic N) is 3. The molecule has 2 atom stereocenters. The normalized spacial score (nSPS) is 19.9. The summed E-state index contributed by atoms with van der Waals surface area (Å²) in [5.74, 6) is -0.315. The van der Waals surface area contributed by atoms with Crippen LogP contribution in [0.2, 0.25) is 5.02 Å². The molecule has 0 spiro atoms. The van der Waals surface area contributed by atoms with Crippen molar-refractivity contribution in [1.29, 1.82) is 0 Å². The van der Waals surface area contributed by atoms with Crippen LogP contribution in [0.1, 0.15) is 17.0 Å². The Morgan fingerprint density at radius 1 is 1.09 bits per heavy atom. The van der Waals surface area contributed by atoms with Gasteiger partial charge in [0.05, 0.1) is 11.9 Å². The molecular weight excluding hydrogens is 465 g/mol. The molecule has 0 bridgehead atoms. The highest BCUT2D eigenvalue weighted by molar-refractivity contribution is 7.89. The van der Waals surface area contributed by atoms with Crippen molar-refractivity contribution in [3.05, 3.63) is 77.2 Å². The molecule has 1 fully saturated rings. The predicted molar refractivity (Wildman–Crippen MR) is 115 cm³/mol. The Labute approximate surface area is 188 Å². The number of alkyl halides is 3. The molecule has 0 amide bonds. The Bertz CT molecular complexity index is 1210. The first-order valence-corrected chi connectivity index (χ1v) is 11.5. The van der Waals surface area contributed by atoms with E-state index in [1.54, 1.807) is 23.7 Å². The molecule has 32 heavy (non-hydrogen) atoms. The summed E-state index contributed by atoms with van der Waals surface area (Å²) in [4.78, 5) is 3.97. The van der Waals surface area contributed by atoms with Gasteiger partial charge in [0.2, 0.25) is 0 Å². The van der Waals surface area contributed by atoms with Crippen LogP contribution in [0.4, 0.5) is 18.9 Å². The van der Waals surface area contributed by atoms with Gasteiger partial charge in [0, 0.05) is 49.0 Å². The van der Waals surface area contributed by atoms with Gasteiger partial charge in [-0.1, -0.05) is 29.8 Å². The summed E-state index contributed by atoms with van der Waals surface area (Å²) in [5.41, 5.74) is 0.464. The zero-order valence-corrected chi connectivity index (χ0v) is 18.5. The Morgan fingerprint density at radius 2 is 1.78 bits per heavy atom. The summed E-state index contributed by atoms with van der Waals surface area (Å²) in [6, 6.07) is 11.4. The minimum absolute atomic E-state index is 0.0620. The summed E-state index contributed by atoms with van der Waals surface area (Å²) < 4.78 is 67.8. The van der Waals surface area contributed by atoms with Gasteiger partial charge in [0.25, 0.3) is 10.0 Å². The molecule has 3 aromatic rings. The van der Waals surface area contributed by atoms with Crippen LogP contribution in [0.5, 0.6) is 0 Å². The lowest BCUT2D eigenvalue weighted by atomic mass is 9.94. The van der Waals surface area contributed by atoms with E-state index >= 15 is 0 Å². The maximum absolute atomic E-state index is 13.1. The maximum atomic E-state index is 13.1. The second-order valence-corrected chi connectivity index (χ2v) is 9.95. The van der Waals surface area contributed by atoms with Crippen molar-refractivity contribution in [2.75, 3.05) is 18.4 Å². The highest BCUT2D eigenvalue weighted by Gasteiger charge is 2.41. The zero-order valence-electron chi connectivity index (χ0n) is 16.9. The third-order valence-corrected chi connectivity index (χ3v) is 7.50. The zero-order chi connectivity index (χ0) is 23.1. The van der Waals surface area contributed by atoms with Crippen LogP contribution in [0, 0.1) is 0 Å². The number of sulfonamides is 1. The van der Waals surface area contributed by atoms with Gasteiger partial charge in [0.1, 0.15) is 0 Å². The van der Waals surface area contributed by atoms with Crippen molar-refractivity contribution >= 4 is 27.3 Å². The van der Waals surface area contributed by atoms with Crippen molar-refractivity contribution in [3.63, 3.8) is 0 Å². The fourth-order valence-corrected chi connectivity index (χ4v) is 5.56. The fraction of sp³-hybridized carbons (Fsp3) is 0.286. The molecule has 1 saturated heterocycles. The molecule has 170 valence electrons. The van der Waals surface area contributed by atoms with Crippen LogP contribution in [-0.2, 0) is 23.2 Å². The number of halogens is 4. The Hall–Kier alpha value is -2.56. The van der Waals surface area contributed by atoms with E-state index in [1.807, 2.05) is 12.1 Å². The van der Waals surface area contributed by atoms with E-state index in [9.17, 15) is 21.6 Å². The lowest BCUT2D eigenvalue weighted by molar-refractivity contribution is -0.137. The molecule has 11 heteroatoms. The topological polar surface area (TPSA) is 67.2 Å². The van der Waals surface area contributed by atoms with Crippen LogP contribution in [0.15, 0.2) is 66.1 Å². The van der Waals surface area contributed by atoms with Crippen LogP contribution in [0.3, 0.4) is 0 Å². The molecule has 2 heterocycles. The first-order chi connectivity index (χ1) is 15.1. The number of rotatable bonds is 5. The van der Waals surface area contributed by atoms with E-state index in [1.165, 1.54) is 29.0 Å². The minimum atomic E-state index is -4.43. The first-order valence-electron chi connectivity index (χ1n) is 9.72. The lowest BCUT2D eigenvalue weighted by Crippen LogP contribution is -2.32. The number of benzene rings is 2. The standard InChI is InChI=1S/C21H20ClF3N4O2S/c1-28-12-20(26-13-28)32(30,31)29-10-17(16-4-2-3-5-18(16)22)19(11-29)27-15-8-6-14(7-9-15)21(23,24)25/h2-9,12-13,17,19,27H,10-11H2,1H3/t17-,19+/m1/s1. The predicted octanol–water partition coefficient (Wildman–Crippen LogP) is 4.36. The molecule has 1 N–H and O–H groups in total. The number of hydrogen-bond acceptors (Lipinski definition) is 4. The van der Waals surface area contributed by atoms with Crippen molar-refractivity contribution in [3.8, 4) is 0 Å². The van der Waals surface area contributed by atoms with E-state index in [-0.39, 0.29) is 24.0 Å². The number of aryl methyl sites for hydroxylation is 1. The Balaban J connectivity index is 1.64. The molecule has 2 aromatic carbocycles. The van der Waals surface area contributed by atoms with E-state index in [2.05, 4.69) is 10.3 Å². The van der Waals surface area contributed by atoms with E-state index in [0.717, 1.165) is 17.7 Å². The SMILES string of the molecule is Cn1cnc(S(=O)(=O)N2C[C@H](Nc3ccc(C(F)(F)F)cc3)[C@@H](c3ccccc3Cl)C2)c1. The molecule has 1 aromatic heterocycles. The average Bonchev–Trinajstić information content (AvgIpc) is 3.35. The average molecular weight is 485 g/mol. The summed E-state index contributed by atoms with van der Waals surface area (Å²) in [7, 11) is -2.18. The molecule has 0 radical (unpaired) electrons. The third kappa shape index (κ3) is 4.48. The quantitative estimate of drug-likeness (QED) is 0.584. The van der Waals surface area contributed by atoms with Crippen molar-refractivity contribution in [2.45, 2.75) is 23.2 Å². The molecule has 4 rings (SSSR count). The van der Waals surface area contributed by atoms with Crippen molar-refractivity contribution in [1.82, 2.24) is 13.9 Å². The molecule has 1 aliphatic rings. The minimum Gasteiger partial charge on any atom is -0.380 e. The van der Waals surface area contributed by atoms with Gasteiger partial charge < -0.3 is 9.88 Å². The number of anilines is 1. The number of imidazole rings is 1. The van der Waals surface area contributed by atoms with Gasteiger partial charge in [-0.15, -0.1) is 0 Å². The van der Waals surface area contributed by atoms with Crippen molar-refractivity contribution in [2.24, 2.45) is 7.05 Å². The third-order valence-electron chi connectivity index (χ3n) is 5.44. The summed E-state index contributed by atoms with van der Waals surface area (Å²) in [5, 5.41) is 3.63. The Morgan fingerprint density at radius 3 is 2.38 bits per heavy atom. The number of hydrogen-bond donors (Lipinski definition) is 1. The summed E-state index contributed by atoms with van der Waals surface area (Å²) in [6.07, 6.45) is -1.59. The maximum Gasteiger partial charge on any atom is 0.416 e. The van der Waals surface area contributed by atoms with E-state index in [0.29, 0.717) is 10.7 Å². The second kappa shape index (κ2) is 8.42. The largest absolute Gasteiger partial charge is 0.416 e. The molecule has 1 aliphatic heterocycles. The highest BCUT2D eigenvalue weighted by Crippen LogP contribution is 2.37. The molecule has 0 unspecified atom stereocenters. The van der Waals surface area contributed by atoms with Crippen LogP contribution >= 0.6 is 11.6 Å². The van der Waals surface area contributed by atoms with Crippen LogP contribution in [-0.4, -0.2) is 41.4 Å². The molecule has 0 saturated carbocycles. The fourth-order valence-electron chi connectivity index (χ4n) is 3.83. The van der Waals surface area contributed by atoms with Crippen LogP contribution < -0.4 is 5.32 Å².